The fourth-order valence-electron chi connectivity index (χ4n) is 2.18. The number of aliphatic hydroxyl groups is 1. The van der Waals surface area contributed by atoms with Crippen LogP contribution in [0.15, 0.2) is 12.7 Å². The third-order valence-electron chi connectivity index (χ3n) is 3.01. The first-order valence-electron chi connectivity index (χ1n) is 5.72. The Labute approximate surface area is 97.2 Å². The molecule has 94 valence electrons. The highest BCUT2D eigenvalue weighted by molar-refractivity contribution is 4.92. The first-order valence-corrected chi connectivity index (χ1v) is 5.72. The number of hydrogen-bond donors (Lipinski definition) is 1. The van der Waals surface area contributed by atoms with Crippen molar-refractivity contribution in [3.05, 3.63) is 12.7 Å². The second-order valence-corrected chi connectivity index (χ2v) is 4.10. The predicted octanol–water partition coefficient (Wildman–Crippen LogP) is 0.990. The second kappa shape index (κ2) is 7.01. The molecule has 1 fully saturated rings. The molecule has 0 aromatic heterocycles. The third-order valence-corrected chi connectivity index (χ3v) is 3.01. The molecule has 0 saturated carbocycles. The lowest BCUT2D eigenvalue weighted by atomic mass is 9.96. The molecule has 1 rings (SSSR count). The Balaban J connectivity index is 2.46. The highest BCUT2D eigenvalue weighted by Crippen LogP contribution is 2.31. The minimum atomic E-state index is -0.0449. The zero-order chi connectivity index (χ0) is 12.0. The van der Waals surface area contributed by atoms with E-state index in [0.717, 1.165) is 6.42 Å². The number of methoxy groups -OCH3 is 1. The maximum atomic E-state index is 8.64. The number of hydrogen-bond acceptors (Lipinski definition) is 4. The molecule has 0 aromatic rings. The van der Waals surface area contributed by atoms with E-state index in [1.165, 1.54) is 0 Å². The Morgan fingerprint density at radius 2 is 2.19 bits per heavy atom. The van der Waals surface area contributed by atoms with E-state index >= 15 is 0 Å². The van der Waals surface area contributed by atoms with Crippen molar-refractivity contribution in [2.75, 3.05) is 26.9 Å². The van der Waals surface area contributed by atoms with Gasteiger partial charge in [-0.05, 0) is 6.42 Å². The molecule has 4 nitrogen and oxygen atoms in total. The standard InChI is InChI=1S/C12H22O4/c1-4-5-10-9(2)12(14-3)11(16-10)8-15-7-6-13/h4,9-13H,1,5-8H2,2-3H3. The molecule has 0 amide bonds. The maximum Gasteiger partial charge on any atom is 0.108 e. The molecule has 0 aliphatic carbocycles. The van der Waals surface area contributed by atoms with Gasteiger partial charge in [0.25, 0.3) is 0 Å². The van der Waals surface area contributed by atoms with Crippen LogP contribution in [0.2, 0.25) is 0 Å². The molecule has 0 bridgehead atoms. The zero-order valence-electron chi connectivity index (χ0n) is 10.1. The van der Waals surface area contributed by atoms with Crippen LogP contribution in [0.1, 0.15) is 13.3 Å². The van der Waals surface area contributed by atoms with Gasteiger partial charge in [0.05, 0.1) is 32.0 Å². The molecular formula is C12H22O4. The molecule has 0 aromatic carbocycles. The van der Waals surface area contributed by atoms with Gasteiger partial charge in [-0.2, -0.15) is 0 Å². The molecule has 1 N–H and O–H groups in total. The number of aliphatic hydroxyl groups excluding tert-OH is 1. The van der Waals surface area contributed by atoms with E-state index in [1.54, 1.807) is 7.11 Å². The zero-order valence-corrected chi connectivity index (χ0v) is 10.1. The van der Waals surface area contributed by atoms with Crippen molar-refractivity contribution >= 4 is 0 Å². The molecule has 1 aliphatic rings. The van der Waals surface area contributed by atoms with Crippen LogP contribution in [0.5, 0.6) is 0 Å². The monoisotopic (exact) mass is 230 g/mol. The van der Waals surface area contributed by atoms with Crippen LogP contribution < -0.4 is 0 Å². The van der Waals surface area contributed by atoms with Crippen LogP contribution in [-0.4, -0.2) is 50.3 Å². The van der Waals surface area contributed by atoms with E-state index < -0.39 is 0 Å². The fourth-order valence-corrected chi connectivity index (χ4v) is 2.18. The summed E-state index contributed by atoms with van der Waals surface area (Å²) in [6, 6.07) is 0. The predicted molar refractivity (Wildman–Crippen MR) is 61.3 cm³/mol. The summed E-state index contributed by atoms with van der Waals surface area (Å²) in [5.41, 5.74) is 0. The Bertz CT molecular complexity index is 207. The fraction of sp³-hybridized carbons (Fsp3) is 0.833. The molecule has 4 unspecified atom stereocenters. The normalized spacial score (nSPS) is 34.2. The molecule has 4 atom stereocenters. The minimum Gasteiger partial charge on any atom is -0.394 e. The summed E-state index contributed by atoms with van der Waals surface area (Å²) in [4.78, 5) is 0. The van der Waals surface area contributed by atoms with Crippen molar-refractivity contribution in [2.24, 2.45) is 5.92 Å². The van der Waals surface area contributed by atoms with Crippen LogP contribution in [0.3, 0.4) is 0 Å². The molecule has 0 radical (unpaired) electrons. The van der Waals surface area contributed by atoms with Gasteiger partial charge in [0.15, 0.2) is 0 Å². The highest BCUT2D eigenvalue weighted by Gasteiger charge is 2.41. The third kappa shape index (κ3) is 3.28. The van der Waals surface area contributed by atoms with Crippen LogP contribution in [0.4, 0.5) is 0 Å². The second-order valence-electron chi connectivity index (χ2n) is 4.10. The summed E-state index contributed by atoms with van der Waals surface area (Å²) in [5.74, 6) is 0.339. The van der Waals surface area contributed by atoms with E-state index in [9.17, 15) is 0 Å². The number of rotatable bonds is 7. The summed E-state index contributed by atoms with van der Waals surface area (Å²) in [6.07, 6.45) is 2.87. The van der Waals surface area contributed by atoms with Crippen molar-refractivity contribution in [3.63, 3.8) is 0 Å². The van der Waals surface area contributed by atoms with Crippen LogP contribution >= 0.6 is 0 Å². The molecule has 1 heterocycles. The van der Waals surface area contributed by atoms with Gasteiger partial charge >= 0.3 is 0 Å². The maximum absolute atomic E-state index is 8.64. The largest absolute Gasteiger partial charge is 0.394 e. The van der Waals surface area contributed by atoms with Crippen molar-refractivity contribution in [3.8, 4) is 0 Å². The molecular weight excluding hydrogens is 208 g/mol. The lowest BCUT2D eigenvalue weighted by molar-refractivity contribution is -0.0575. The van der Waals surface area contributed by atoms with Crippen molar-refractivity contribution in [2.45, 2.75) is 31.7 Å². The SMILES string of the molecule is C=CCC1OC(COCCO)C(OC)C1C. The van der Waals surface area contributed by atoms with E-state index in [4.69, 9.17) is 19.3 Å². The molecule has 4 heteroatoms. The molecule has 16 heavy (non-hydrogen) atoms. The van der Waals surface area contributed by atoms with Gasteiger partial charge in [-0.25, -0.2) is 0 Å². The smallest absolute Gasteiger partial charge is 0.108 e. The van der Waals surface area contributed by atoms with Gasteiger partial charge < -0.3 is 19.3 Å². The van der Waals surface area contributed by atoms with Crippen LogP contribution in [0.25, 0.3) is 0 Å². The van der Waals surface area contributed by atoms with Gasteiger partial charge in [0.2, 0.25) is 0 Å². The molecule has 0 spiro atoms. The van der Waals surface area contributed by atoms with Gasteiger partial charge in [0, 0.05) is 13.0 Å². The van der Waals surface area contributed by atoms with Crippen molar-refractivity contribution in [1.29, 1.82) is 0 Å². The molecule has 1 saturated heterocycles. The Kier molecular flexibility index (Phi) is 5.98. The lowest BCUT2D eigenvalue weighted by Gasteiger charge is -2.19. The van der Waals surface area contributed by atoms with E-state index in [1.807, 2.05) is 6.08 Å². The van der Waals surface area contributed by atoms with Crippen molar-refractivity contribution in [1.82, 2.24) is 0 Å². The van der Waals surface area contributed by atoms with Crippen LogP contribution in [0, 0.1) is 5.92 Å². The average Bonchev–Trinajstić information content (AvgIpc) is 2.57. The summed E-state index contributed by atoms with van der Waals surface area (Å²) < 4.78 is 16.6. The Morgan fingerprint density at radius 3 is 2.75 bits per heavy atom. The van der Waals surface area contributed by atoms with Gasteiger partial charge in [-0.1, -0.05) is 13.0 Å². The average molecular weight is 230 g/mol. The number of ether oxygens (including phenoxy) is 3. The summed E-state index contributed by atoms with van der Waals surface area (Å²) in [5, 5.41) is 8.64. The quantitative estimate of drug-likeness (QED) is 0.523. The molecule has 1 aliphatic heterocycles. The summed E-state index contributed by atoms with van der Waals surface area (Å²) in [7, 11) is 1.69. The topological polar surface area (TPSA) is 47.9 Å². The highest BCUT2D eigenvalue weighted by atomic mass is 16.6. The minimum absolute atomic E-state index is 0.0377. The van der Waals surface area contributed by atoms with Crippen LogP contribution in [-0.2, 0) is 14.2 Å². The Hall–Kier alpha value is -0.420. The first-order chi connectivity index (χ1) is 7.74. The van der Waals surface area contributed by atoms with E-state index in [-0.39, 0.29) is 24.9 Å². The summed E-state index contributed by atoms with van der Waals surface area (Å²) >= 11 is 0. The van der Waals surface area contributed by atoms with E-state index in [2.05, 4.69) is 13.5 Å². The van der Waals surface area contributed by atoms with E-state index in [0.29, 0.717) is 19.1 Å². The first kappa shape index (κ1) is 13.6. The summed E-state index contributed by atoms with van der Waals surface area (Å²) in [6.45, 7) is 6.70. The van der Waals surface area contributed by atoms with Gasteiger partial charge in [-0.15, -0.1) is 6.58 Å². The lowest BCUT2D eigenvalue weighted by Crippen LogP contribution is -2.31. The van der Waals surface area contributed by atoms with Gasteiger partial charge in [-0.3, -0.25) is 0 Å². The Morgan fingerprint density at radius 1 is 1.44 bits per heavy atom. The van der Waals surface area contributed by atoms with Gasteiger partial charge in [0.1, 0.15) is 6.10 Å². The van der Waals surface area contributed by atoms with Crippen molar-refractivity contribution < 1.29 is 19.3 Å².